The van der Waals surface area contributed by atoms with Gasteiger partial charge in [-0.25, -0.2) is 0 Å². The number of carbonyl (C=O) groups excluding carboxylic acids is 1. The van der Waals surface area contributed by atoms with Gasteiger partial charge in [-0.05, 0) is 54.3 Å². The van der Waals surface area contributed by atoms with Crippen LogP contribution < -0.4 is 44.9 Å². The zero-order valence-corrected chi connectivity index (χ0v) is 18.1. The maximum Gasteiger partial charge on any atom is 1.00 e. The molecule has 0 spiro atoms. The van der Waals surface area contributed by atoms with Crippen molar-refractivity contribution < 1.29 is 39.5 Å². The minimum atomic E-state index is -0.942. The number of nitrogens with zero attached hydrogens (tertiary/aromatic N) is 1. The van der Waals surface area contributed by atoms with Crippen molar-refractivity contribution >= 4 is 28.9 Å². The van der Waals surface area contributed by atoms with Crippen molar-refractivity contribution in [3.8, 4) is 0 Å². The molecule has 0 bridgehead atoms. The number of fused-ring (bicyclic) bond motifs is 3. The van der Waals surface area contributed by atoms with Gasteiger partial charge in [0.05, 0.1) is 0 Å². The van der Waals surface area contributed by atoms with E-state index in [1.54, 1.807) is 0 Å². The summed E-state index contributed by atoms with van der Waals surface area (Å²) in [5.74, 6) is -0.305. The molecule has 1 saturated carbocycles. The molecule has 0 amide bonds. The first kappa shape index (κ1) is 19.1. The van der Waals surface area contributed by atoms with Gasteiger partial charge in [0.15, 0.2) is 0 Å². The fourth-order valence-corrected chi connectivity index (χ4v) is 5.05. The topological polar surface area (TPSA) is 55.4 Å². The molecule has 0 aromatic heterocycles. The Bertz CT molecular complexity index is 884. The van der Waals surface area contributed by atoms with Crippen LogP contribution in [0.15, 0.2) is 42.5 Å². The van der Waals surface area contributed by atoms with E-state index in [2.05, 4.69) is 46.6 Å². The van der Waals surface area contributed by atoms with Gasteiger partial charge >= 0.3 is 29.6 Å². The molecule has 1 aliphatic carbocycles. The molecular weight excluding hydrogens is 371 g/mol. The summed E-state index contributed by atoms with van der Waals surface area (Å²) >= 11 is 6.20. The predicted molar refractivity (Wildman–Crippen MR) is 101 cm³/mol. The molecule has 5 rings (SSSR count). The molecule has 3 atom stereocenters. The van der Waals surface area contributed by atoms with Crippen molar-refractivity contribution in [3.05, 3.63) is 58.6 Å². The van der Waals surface area contributed by atoms with E-state index in [4.69, 9.17) is 11.6 Å². The van der Waals surface area contributed by atoms with Gasteiger partial charge in [-0.1, -0.05) is 23.7 Å². The number of aliphatic carboxylic acids is 1. The summed E-state index contributed by atoms with van der Waals surface area (Å²) in [6.07, 6.45) is 2.32. The largest absolute Gasteiger partial charge is 1.00 e. The number of benzene rings is 2. The number of nitrogens with one attached hydrogen (secondary N) is 1. The molecule has 1 saturated heterocycles. The van der Waals surface area contributed by atoms with Crippen LogP contribution in [0.25, 0.3) is 0 Å². The minimum Gasteiger partial charge on any atom is -0.550 e. The number of carboxylic acids is 1. The first-order chi connectivity index (χ1) is 12.6. The van der Waals surface area contributed by atoms with Crippen LogP contribution in [0, 0.1) is 5.92 Å². The van der Waals surface area contributed by atoms with E-state index < -0.39 is 5.97 Å². The van der Waals surface area contributed by atoms with Crippen LogP contribution in [0.3, 0.4) is 0 Å². The fraction of sp³-hybridized carbons (Fsp3) is 0.381. The van der Waals surface area contributed by atoms with Crippen molar-refractivity contribution in [2.75, 3.05) is 23.3 Å². The molecule has 3 aliphatic rings. The summed E-state index contributed by atoms with van der Waals surface area (Å²) in [6.45, 7) is 1.09. The summed E-state index contributed by atoms with van der Waals surface area (Å²) in [5.41, 5.74) is 5.01. The minimum absolute atomic E-state index is 0. The van der Waals surface area contributed by atoms with E-state index in [0.29, 0.717) is 31.0 Å². The van der Waals surface area contributed by atoms with Crippen molar-refractivity contribution in [1.82, 2.24) is 0 Å². The zero-order valence-electron chi connectivity index (χ0n) is 15.3. The zero-order chi connectivity index (χ0) is 17.8. The maximum absolute atomic E-state index is 10.9. The molecular formula is C21H20ClN2NaO2. The van der Waals surface area contributed by atoms with E-state index in [-0.39, 0.29) is 35.5 Å². The Balaban J connectivity index is 0.00000180. The summed E-state index contributed by atoms with van der Waals surface area (Å²) in [4.78, 5) is 13.1. The standard InChI is InChI=1S/C21H21ClN2O2.Na/c22-14-4-7-19-18(9-14)17-6-5-16(20(17)23-19)12-2-1-3-15(8-12)24-10-13(11-24)21(25)26;/h1-4,7-9,13,16-17,20,23H,5-6,10-11H2,(H,25,26);/q;+1/p-1. The van der Waals surface area contributed by atoms with Crippen LogP contribution in [0.5, 0.6) is 0 Å². The Morgan fingerprint density at radius 3 is 2.67 bits per heavy atom. The third-order valence-corrected chi connectivity index (χ3v) is 6.50. The molecule has 2 heterocycles. The summed E-state index contributed by atoms with van der Waals surface area (Å²) in [6, 6.07) is 15.1. The molecule has 2 aromatic carbocycles. The number of anilines is 2. The number of hydrogen-bond acceptors (Lipinski definition) is 4. The molecule has 6 heteroatoms. The molecule has 2 fully saturated rings. The van der Waals surface area contributed by atoms with E-state index in [0.717, 1.165) is 23.6 Å². The Morgan fingerprint density at radius 2 is 1.89 bits per heavy atom. The van der Waals surface area contributed by atoms with Crippen molar-refractivity contribution in [2.24, 2.45) is 5.92 Å². The Hall–Kier alpha value is -1.20. The van der Waals surface area contributed by atoms with Gasteiger partial charge < -0.3 is 20.1 Å². The van der Waals surface area contributed by atoms with Crippen LogP contribution in [0.4, 0.5) is 11.4 Å². The average molecular weight is 391 g/mol. The predicted octanol–water partition coefficient (Wildman–Crippen LogP) is -0.0146. The number of rotatable bonds is 3. The molecule has 3 unspecified atom stereocenters. The average Bonchev–Trinajstić information content (AvgIpc) is 3.12. The molecule has 0 radical (unpaired) electrons. The molecule has 2 aromatic rings. The SMILES string of the molecule is O=C([O-])C1CN(c2cccc(C3CCC4c5cc(Cl)ccc5NC34)c2)C1.[Na+]. The van der Waals surface area contributed by atoms with Crippen molar-refractivity contribution in [2.45, 2.75) is 30.7 Å². The second-order valence-electron chi connectivity index (χ2n) is 7.71. The number of halogens is 1. The van der Waals surface area contributed by atoms with Gasteiger partial charge in [-0.3, -0.25) is 0 Å². The fourth-order valence-electron chi connectivity index (χ4n) is 4.86. The number of carboxylic acid groups (broad SMARTS) is 1. The smallest absolute Gasteiger partial charge is 0.550 e. The second-order valence-corrected chi connectivity index (χ2v) is 8.14. The maximum atomic E-state index is 10.9. The second kappa shape index (κ2) is 7.32. The van der Waals surface area contributed by atoms with Crippen LogP contribution in [-0.4, -0.2) is 25.1 Å². The third kappa shape index (κ3) is 3.27. The van der Waals surface area contributed by atoms with Crippen LogP contribution in [0.2, 0.25) is 5.02 Å². The van der Waals surface area contributed by atoms with Gasteiger partial charge in [0, 0.05) is 59.3 Å². The van der Waals surface area contributed by atoms with Crippen molar-refractivity contribution in [1.29, 1.82) is 0 Å². The van der Waals surface area contributed by atoms with E-state index >= 15 is 0 Å². The van der Waals surface area contributed by atoms with E-state index in [9.17, 15) is 9.90 Å². The van der Waals surface area contributed by atoms with Crippen LogP contribution in [-0.2, 0) is 4.79 Å². The summed E-state index contributed by atoms with van der Waals surface area (Å²) in [7, 11) is 0. The van der Waals surface area contributed by atoms with Gasteiger partial charge in [0.2, 0.25) is 0 Å². The molecule has 1 N–H and O–H groups in total. The van der Waals surface area contributed by atoms with Crippen LogP contribution >= 0.6 is 11.6 Å². The molecule has 4 nitrogen and oxygen atoms in total. The van der Waals surface area contributed by atoms with Gasteiger partial charge in [0.1, 0.15) is 0 Å². The number of hydrogen-bond donors (Lipinski definition) is 1. The van der Waals surface area contributed by atoms with Gasteiger partial charge in [0.25, 0.3) is 0 Å². The number of carbonyl (C=O) groups is 1. The first-order valence-electron chi connectivity index (χ1n) is 9.22. The van der Waals surface area contributed by atoms with Crippen LogP contribution in [0.1, 0.15) is 35.8 Å². The van der Waals surface area contributed by atoms with Crippen molar-refractivity contribution in [3.63, 3.8) is 0 Å². The molecule has 134 valence electrons. The summed E-state index contributed by atoms with van der Waals surface area (Å²) < 4.78 is 0. The summed E-state index contributed by atoms with van der Waals surface area (Å²) in [5, 5.41) is 15.5. The molecule has 2 aliphatic heterocycles. The Labute approximate surface area is 186 Å². The van der Waals surface area contributed by atoms with E-state index in [1.165, 1.54) is 16.8 Å². The first-order valence-corrected chi connectivity index (χ1v) is 9.60. The third-order valence-electron chi connectivity index (χ3n) is 6.27. The van der Waals surface area contributed by atoms with Gasteiger partial charge in [-0.2, -0.15) is 0 Å². The Morgan fingerprint density at radius 1 is 1.11 bits per heavy atom. The van der Waals surface area contributed by atoms with E-state index in [1.807, 2.05) is 6.07 Å². The quantitative estimate of drug-likeness (QED) is 0.749. The monoisotopic (exact) mass is 390 g/mol. The normalized spacial score (nSPS) is 25.8. The Kier molecular flexibility index (Phi) is 5.19. The van der Waals surface area contributed by atoms with Gasteiger partial charge in [-0.15, -0.1) is 0 Å². The molecule has 27 heavy (non-hydrogen) atoms.